The molecule has 1 rings (SSSR count). The SMILES string of the molecule is CC(CN(CC(=O)O)C(=O)c1ccccc1F)C(=O)O. The lowest BCUT2D eigenvalue weighted by Gasteiger charge is -2.22. The second-order valence-electron chi connectivity index (χ2n) is 4.30. The maximum absolute atomic E-state index is 13.5. The Morgan fingerprint density at radius 3 is 2.35 bits per heavy atom. The summed E-state index contributed by atoms with van der Waals surface area (Å²) in [4.78, 5) is 34.4. The summed E-state index contributed by atoms with van der Waals surface area (Å²) in [5.41, 5.74) is -0.286. The second kappa shape index (κ2) is 6.65. The fourth-order valence-electron chi connectivity index (χ4n) is 1.60. The number of carbonyl (C=O) groups excluding carboxylic acids is 1. The fraction of sp³-hybridized carbons (Fsp3) is 0.308. The molecule has 1 amide bonds. The Hall–Kier alpha value is -2.44. The molecular formula is C13H14FNO5. The van der Waals surface area contributed by atoms with Gasteiger partial charge in [-0.1, -0.05) is 19.1 Å². The second-order valence-corrected chi connectivity index (χ2v) is 4.30. The molecule has 1 unspecified atom stereocenters. The number of nitrogens with zero attached hydrogens (tertiary/aromatic N) is 1. The Morgan fingerprint density at radius 2 is 1.85 bits per heavy atom. The zero-order chi connectivity index (χ0) is 15.3. The highest BCUT2D eigenvalue weighted by atomic mass is 19.1. The average Bonchev–Trinajstić information content (AvgIpc) is 2.37. The van der Waals surface area contributed by atoms with Crippen molar-refractivity contribution in [3.05, 3.63) is 35.6 Å². The van der Waals surface area contributed by atoms with Crippen molar-refractivity contribution in [3.8, 4) is 0 Å². The molecule has 0 spiro atoms. The molecule has 0 aliphatic rings. The average molecular weight is 283 g/mol. The van der Waals surface area contributed by atoms with Gasteiger partial charge in [-0.05, 0) is 12.1 Å². The predicted octanol–water partition coefficient (Wildman–Crippen LogP) is 1.07. The lowest BCUT2D eigenvalue weighted by Crippen LogP contribution is -2.40. The maximum atomic E-state index is 13.5. The van der Waals surface area contributed by atoms with Crippen molar-refractivity contribution in [3.63, 3.8) is 0 Å². The largest absolute Gasteiger partial charge is 0.481 e. The summed E-state index contributed by atoms with van der Waals surface area (Å²) in [6.07, 6.45) is 0. The van der Waals surface area contributed by atoms with Crippen molar-refractivity contribution in [1.29, 1.82) is 0 Å². The van der Waals surface area contributed by atoms with Crippen molar-refractivity contribution in [2.75, 3.05) is 13.1 Å². The van der Waals surface area contributed by atoms with E-state index in [0.29, 0.717) is 0 Å². The number of halogens is 1. The Morgan fingerprint density at radius 1 is 1.25 bits per heavy atom. The van der Waals surface area contributed by atoms with E-state index in [2.05, 4.69) is 0 Å². The van der Waals surface area contributed by atoms with Crippen LogP contribution >= 0.6 is 0 Å². The van der Waals surface area contributed by atoms with Crippen LogP contribution in [0.3, 0.4) is 0 Å². The van der Waals surface area contributed by atoms with Gasteiger partial charge in [0.2, 0.25) is 0 Å². The first-order valence-corrected chi connectivity index (χ1v) is 5.81. The molecule has 0 radical (unpaired) electrons. The zero-order valence-corrected chi connectivity index (χ0v) is 10.7. The van der Waals surface area contributed by atoms with Crippen LogP contribution in [0.5, 0.6) is 0 Å². The van der Waals surface area contributed by atoms with Crippen molar-refractivity contribution < 1.29 is 29.0 Å². The van der Waals surface area contributed by atoms with Gasteiger partial charge in [0.25, 0.3) is 5.91 Å². The van der Waals surface area contributed by atoms with Gasteiger partial charge in [-0.15, -0.1) is 0 Å². The molecular weight excluding hydrogens is 269 g/mol. The van der Waals surface area contributed by atoms with Gasteiger partial charge in [0.05, 0.1) is 11.5 Å². The highest BCUT2D eigenvalue weighted by Crippen LogP contribution is 2.12. The van der Waals surface area contributed by atoms with Gasteiger partial charge < -0.3 is 15.1 Å². The monoisotopic (exact) mass is 283 g/mol. The number of amides is 1. The Balaban J connectivity index is 2.98. The number of hydrogen-bond donors (Lipinski definition) is 2. The quantitative estimate of drug-likeness (QED) is 0.814. The van der Waals surface area contributed by atoms with Gasteiger partial charge >= 0.3 is 11.9 Å². The highest BCUT2D eigenvalue weighted by molar-refractivity contribution is 5.96. The number of benzene rings is 1. The molecule has 0 bridgehead atoms. The third-order valence-corrected chi connectivity index (χ3v) is 2.63. The minimum absolute atomic E-state index is 0.286. The van der Waals surface area contributed by atoms with E-state index >= 15 is 0 Å². The lowest BCUT2D eigenvalue weighted by molar-refractivity contribution is -0.143. The molecule has 0 aliphatic carbocycles. The van der Waals surface area contributed by atoms with E-state index in [4.69, 9.17) is 10.2 Å². The van der Waals surface area contributed by atoms with Crippen LogP contribution in [0.15, 0.2) is 24.3 Å². The lowest BCUT2D eigenvalue weighted by atomic mass is 10.1. The third kappa shape index (κ3) is 4.04. The van der Waals surface area contributed by atoms with E-state index in [1.54, 1.807) is 0 Å². The summed E-state index contributed by atoms with van der Waals surface area (Å²) in [7, 11) is 0. The van der Waals surface area contributed by atoms with Crippen LogP contribution in [0.25, 0.3) is 0 Å². The molecule has 2 N–H and O–H groups in total. The summed E-state index contributed by atoms with van der Waals surface area (Å²) in [5.74, 6) is -5.05. The van der Waals surface area contributed by atoms with Crippen LogP contribution in [-0.2, 0) is 9.59 Å². The van der Waals surface area contributed by atoms with Gasteiger partial charge in [-0.2, -0.15) is 0 Å². The van der Waals surface area contributed by atoms with Crippen LogP contribution in [0.2, 0.25) is 0 Å². The number of carbonyl (C=O) groups is 3. The first-order chi connectivity index (χ1) is 9.32. The normalized spacial score (nSPS) is 11.7. The molecule has 0 aliphatic heterocycles. The first-order valence-electron chi connectivity index (χ1n) is 5.81. The van der Waals surface area contributed by atoms with Gasteiger partial charge in [0.15, 0.2) is 0 Å². The van der Waals surface area contributed by atoms with Crippen LogP contribution in [0.4, 0.5) is 4.39 Å². The van der Waals surface area contributed by atoms with Crippen molar-refractivity contribution in [2.45, 2.75) is 6.92 Å². The van der Waals surface area contributed by atoms with Crippen molar-refractivity contribution in [2.24, 2.45) is 5.92 Å². The number of carboxylic acids is 2. The van der Waals surface area contributed by atoms with E-state index in [1.807, 2.05) is 0 Å². The van der Waals surface area contributed by atoms with Crippen molar-refractivity contribution in [1.82, 2.24) is 4.90 Å². The summed E-state index contributed by atoms with van der Waals surface area (Å²) < 4.78 is 13.5. The van der Waals surface area contributed by atoms with Crippen LogP contribution in [0.1, 0.15) is 17.3 Å². The summed E-state index contributed by atoms with van der Waals surface area (Å²) in [6.45, 7) is 0.339. The molecule has 1 aromatic rings. The molecule has 20 heavy (non-hydrogen) atoms. The summed E-state index contributed by atoms with van der Waals surface area (Å²) in [6, 6.07) is 5.13. The minimum atomic E-state index is -1.30. The Bertz CT molecular complexity index is 531. The van der Waals surface area contributed by atoms with E-state index in [1.165, 1.54) is 25.1 Å². The van der Waals surface area contributed by atoms with E-state index in [9.17, 15) is 18.8 Å². The van der Waals surface area contributed by atoms with Crippen LogP contribution in [0, 0.1) is 11.7 Å². The number of hydrogen-bond acceptors (Lipinski definition) is 3. The smallest absolute Gasteiger partial charge is 0.323 e. The summed E-state index contributed by atoms with van der Waals surface area (Å²) in [5, 5.41) is 17.6. The van der Waals surface area contributed by atoms with Crippen LogP contribution < -0.4 is 0 Å². The Kier molecular flexibility index (Phi) is 5.19. The molecule has 0 aromatic heterocycles. The molecule has 0 heterocycles. The van der Waals surface area contributed by atoms with Gasteiger partial charge in [-0.3, -0.25) is 14.4 Å². The molecule has 0 fully saturated rings. The number of rotatable bonds is 6. The maximum Gasteiger partial charge on any atom is 0.323 e. The predicted molar refractivity (Wildman–Crippen MR) is 66.7 cm³/mol. The van der Waals surface area contributed by atoms with E-state index in [-0.39, 0.29) is 12.1 Å². The van der Waals surface area contributed by atoms with Gasteiger partial charge in [-0.25, -0.2) is 4.39 Å². The van der Waals surface area contributed by atoms with E-state index < -0.39 is 36.1 Å². The molecule has 1 aromatic carbocycles. The molecule has 108 valence electrons. The molecule has 0 saturated carbocycles. The van der Waals surface area contributed by atoms with Crippen molar-refractivity contribution >= 4 is 17.8 Å². The minimum Gasteiger partial charge on any atom is -0.481 e. The number of aliphatic carboxylic acids is 2. The highest BCUT2D eigenvalue weighted by Gasteiger charge is 2.25. The Labute approximate surface area is 114 Å². The topological polar surface area (TPSA) is 94.9 Å². The van der Waals surface area contributed by atoms with Gasteiger partial charge in [0, 0.05) is 6.54 Å². The molecule has 1 atom stereocenters. The van der Waals surface area contributed by atoms with Gasteiger partial charge in [0.1, 0.15) is 12.4 Å². The molecule has 0 saturated heterocycles. The number of carboxylic acid groups (broad SMARTS) is 2. The molecule has 7 heteroatoms. The zero-order valence-electron chi connectivity index (χ0n) is 10.7. The molecule has 6 nitrogen and oxygen atoms in total. The standard InChI is InChI=1S/C13H14FNO5/c1-8(13(19)20)6-15(7-11(16)17)12(18)9-4-2-3-5-10(9)14/h2-5,8H,6-7H2,1H3,(H,16,17)(H,19,20). The fourth-order valence-corrected chi connectivity index (χ4v) is 1.60. The third-order valence-electron chi connectivity index (χ3n) is 2.63. The van der Waals surface area contributed by atoms with E-state index in [0.717, 1.165) is 11.0 Å². The van der Waals surface area contributed by atoms with Crippen LogP contribution in [-0.4, -0.2) is 46.0 Å². The first kappa shape index (κ1) is 15.6. The summed E-state index contributed by atoms with van der Waals surface area (Å²) >= 11 is 0.